The van der Waals surface area contributed by atoms with Gasteiger partial charge in [-0.15, -0.1) is 0 Å². The van der Waals surface area contributed by atoms with Crippen LogP contribution < -0.4 is 11.1 Å². The zero-order valence-electron chi connectivity index (χ0n) is 21.3. The number of benzene rings is 1. The van der Waals surface area contributed by atoms with E-state index in [0.717, 1.165) is 38.9 Å². The number of nitrogens with one attached hydrogen (secondary N) is 1. The summed E-state index contributed by atoms with van der Waals surface area (Å²) in [5, 5.41) is 3.20. The highest BCUT2D eigenvalue weighted by molar-refractivity contribution is 5.87. The number of amides is 2. The Morgan fingerprint density at radius 2 is 1.94 bits per heavy atom. The Hall–Kier alpha value is -1.96. The fourth-order valence-corrected chi connectivity index (χ4v) is 5.67. The van der Waals surface area contributed by atoms with Crippen molar-refractivity contribution in [1.29, 1.82) is 0 Å². The van der Waals surface area contributed by atoms with E-state index in [1.54, 1.807) is 18.9 Å². The van der Waals surface area contributed by atoms with E-state index in [1.807, 2.05) is 0 Å². The average molecular weight is 473 g/mol. The summed E-state index contributed by atoms with van der Waals surface area (Å²) in [6.07, 6.45) is 6.11. The fraction of sp³-hybridized carbons (Fsp3) is 0.704. The van der Waals surface area contributed by atoms with Crippen molar-refractivity contribution in [3.05, 3.63) is 35.4 Å². The Bertz CT molecular complexity index is 802. The Kier molecular flexibility index (Phi) is 10.4. The zero-order valence-corrected chi connectivity index (χ0v) is 21.3. The van der Waals surface area contributed by atoms with Crippen molar-refractivity contribution < 1.29 is 14.3 Å². The number of methoxy groups -OCH3 is 1. The number of hydrogen-bond donors (Lipinski definition) is 2. The van der Waals surface area contributed by atoms with E-state index in [4.69, 9.17) is 10.5 Å². The monoisotopic (exact) mass is 472 g/mol. The number of nitrogens with zero attached hydrogens (tertiary/aromatic N) is 2. The first-order chi connectivity index (χ1) is 16.4. The number of ether oxygens (including phenoxy) is 1. The van der Waals surface area contributed by atoms with Crippen LogP contribution in [0.5, 0.6) is 0 Å². The van der Waals surface area contributed by atoms with Gasteiger partial charge in [-0.2, -0.15) is 0 Å². The van der Waals surface area contributed by atoms with Gasteiger partial charge < -0.3 is 20.7 Å². The number of aryl methyl sites for hydroxylation is 1. The van der Waals surface area contributed by atoms with Crippen molar-refractivity contribution in [2.75, 3.05) is 39.9 Å². The van der Waals surface area contributed by atoms with E-state index < -0.39 is 6.04 Å². The molecule has 2 amide bonds. The van der Waals surface area contributed by atoms with Gasteiger partial charge in [-0.3, -0.25) is 14.5 Å². The molecule has 1 saturated heterocycles. The van der Waals surface area contributed by atoms with Crippen LogP contribution in [0.15, 0.2) is 24.3 Å². The number of rotatable bonds is 10. The maximum atomic E-state index is 13.3. The van der Waals surface area contributed by atoms with E-state index in [-0.39, 0.29) is 17.9 Å². The van der Waals surface area contributed by atoms with Crippen LogP contribution in [-0.4, -0.2) is 73.6 Å². The lowest BCUT2D eigenvalue weighted by atomic mass is 9.81. The molecule has 34 heavy (non-hydrogen) atoms. The van der Waals surface area contributed by atoms with Crippen molar-refractivity contribution in [3.63, 3.8) is 0 Å². The highest BCUT2D eigenvalue weighted by Gasteiger charge is 2.37. The summed E-state index contributed by atoms with van der Waals surface area (Å²) < 4.78 is 5.39. The van der Waals surface area contributed by atoms with Crippen LogP contribution >= 0.6 is 0 Å². The van der Waals surface area contributed by atoms with Gasteiger partial charge in [-0.05, 0) is 68.5 Å². The van der Waals surface area contributed by atoms with Crippen LogP contribution in [0.25, 0.3) is 0 Å². The van der Waals surface area contributed by atoms with E-state index >= 15 is 0 Å². The number of hydrogen-bond acceptors (Lipinski definition) is 5. The largest absolute Gasteiger partial charge is 0.383 e. The molecular weight excluding hydrogens is 428 g/mol. The summed E-state index contributed by atoms with van der Waals surface area (Å²) >= 11 is 0. The normalized spacial score (nSPS) is 25.4. The first kappa shape index (κ1) is 26.6. The average Bonchev–Trinajstić information content (AvgIpc) is 2.85. The SMILES string of the molecule is COCCN(Cc1ccccc1C)C1CCN(C(C)=O)[C@@H](C(=O)NCC2CCCC(CN)C2)C1. The Morgan fingerprint density at radius 1 is 1.18 bits per heavy atom. The van der Waals surface area contributed by atoms with Crippen LogP contribution in [0.4, 0.5) is 0 Å². The van der Waals surface area contributed by atoms with Crippen molar-refractivity contribution in [3.8, 4) is 0 Å². The molecule has 3 N–H and O–H groups in total. The summed E-state index contributed by atoms with van der Waals surface area (Å²) in [5.41, 5.74) is 8.45. The summed E-state index contributed by atoms with van der Waals surface area (Å²) in [5.74, 6) is 1.01. The van der Waals surface area contributed by atoms with Gasteiger partial charge in [0.15, 0.2) is 0 Å². The van der Waals surface area contributed by atoms with Crippen molar-refractivity contribution in [2.45, 2.75) is 71.0 Å². The number of carbonyl (C=O) groups is 2. The van der Waals surface area contributed by atoms with Gasteiger partial charge >= 0.3 is 0 Å². The maximum absolute atomic E-state index is 13.3. The van der Waals surface area contributed by atoms with Gasteiger partial charge in [0.25, 0.3) is 0 Å². The third-order valence-corrected chi connectivity index (χ3v) is 7.81. The molecule has 1 heterocycles. The van der Waals surface area contributed by atoms with Crippen molar-refractivity contribution in [1.82, 2.24) is 15.1 Å². The molecule has 0 aromatic heterocycles. The molecule has 3 rings (SSSR count). The molecule has 4 atom stereocenters. The molecule has 7 nitrogen and oxygen atoms in total. The maximum Gasteiger partial charge on any atom is 0.242 e. The van der Waals surface area contributed by atoms with Gasteiger partial charge in [0, 0.05) is 46.3 Å². The Balaban J connectivity index is 1.67. The van der Waals surface area contributed by atoms with Gasteiger partial charge in [0.05, 0.1) is 6.61 Å². The molecule has 2 fully saturated rings. The van der Waals surface area contributed by atoms with Crippen molar-refractivity contribution in [2.24, 2.45) is 17.6 Å². The molecule has 1 saturated carbocycles. The minimum Gasteiger partial charge on any atom is -0.383 e. The quantitative estimate of drug-likeness (QED) is 0.547. The lowest BCUT2D eigenvalue weighted by Gasteiger charge is -2.43. The second kappa shape index (κ2) is 13.2. The van der Waals surface area contributed by atoms with Crippen LogP contribution in [-0.2, 0) is 20.9 Å². The predicted molar refractivity (Wildman–Crippen MR) is 135 cm³/mol. The van der Waals surface area contributed by atoms with Crippen LogP contribution in [0.1, 0.15) is 56.6 Å². The molecular formula is C27H44N4O3. The van der Waals surface area contributed by atoms with E-state index in [2.05, 4.69) is 41.4 Å². The minimum absolute atomic E-state index is 0.0163. The van der Waals surface area contributed by atoms with Crippen LogP contribution in [0.3, 0.4) is 0 Å². The molecule has 2 aliphatic rings. The third kappa shape index (κ3) is 7.27. The van der Waals surface area contributed by atoms with E-state index in [0.29, 0.717) is 38.0 Å². The minimum atomic E-state index is -0.424. The summed E-state index contributed by atoms with van der Waals surface area (Å²) in [6.45, 7) is 7.98. The highest BCUT2D eigenvalue weighted by atomic mass is 16.5. The van der Waals surface area contributed by atoms with Crippen LogP contribution in [0, 0.1) is 18.8 Å². The standard InChI is InChI=1S/C27H44N4O3/c1-20-7-4-5-10-24(20)19-30(13-14-34-3)25-11-12-31(21(2)32)26(16-25)27(33)29-18-23-9-6-8-22(15-23)17-28/h4-5,7,10,22-23,25-26H,6,8-9,11-19,28H2,1-3H3,(H,29,33)/t22?,23?,25?,26-/m1/s1. The van der Waals surface area contributed by atoms with Gasteiger partial charge in [-0.1, -0.05) is 30.7 Å². The Morgan fingerprint density at radius 3 is 2.65 bits per heavy atom. The molecule has 0 spiro atoms. The number of piperidine rings is 1. The molecule has 1 aromatic rings. The predicted octanol–water partition coefficient (Wildman–Crippen LogP) is 2.70. The summed E-state index contributed by atoms with van der Waals surface area (Å²) in [6, 6.07) is 8.24. The van der Waals surface area contributed by atoms with E-state index in [9.17, 15) is 9.59 Å². The molecule has 190 valence electrons. The lowest BCUT2D eigenvalue weighted by molar-refractivity contribution is -0.142. The fourth-order valence-electron chi connectivity index (χ4n) is 5.67. The second-order valence-electron chi connectivity index (χ2n) is 10.2. The summed E-state index contributed by atoms with van der Waals surface area (Å²) in [4.78, 5) is 29.9. The molecule has 7 heteroatoms. The molecule has 3 unspecified atom stereocenters. The molecule has 1 aromatic carbocycles. The van der Waals surface area contributed by atoms with Gasteiger partial charge in [0.2, 0.25) is 11.8 Å². The smallest absolute Gasteiger partial charge is 0.242 e. The zero-order chi connectivity index (χ0) is 24.5. The summed E-state index contributed by atoms with van der Waals surface area (Å²) in [7, 11) is 1.72. The molecule has 0 bridgehead atoms. The number of likely N-dealkylation sites (tertiary alicyclic amines) is 1. The third-order valence-electron chi connectivity index (χ3n) is 7.81. The number of carbonyl (C=O) groups excluding carboxylic acids is 2. The first-order valence-electron chi connectivity index (χ1n) is 12.9. The van der Waals surface area contributed by atoms with Gasteiger partial charge in [0.1, 0.15) is 6.04 Å². The van der Waals surface area contributed by atoms with E-state index in [1.165, 1.54) is 24.0 Å². The first-order valence-corrected chi connectivity index (χ1v) is 12.9. The molecule has 1 aliphatic carbocycles. The Labute approximate surface area is 205 Å². The second-order valence-corrected chi connectivity index (χ2v) is 10.2. The molecule has 1 aliphatic heterocycles. The number of nitrogens with two attached hydrogens (primary N) is 1. The molecule has 0 radical (unpaired) electrons. The lowest BCUT2D eigenvalue weighted by Crippen LogP contribution is -2.57. The highest BCUT2D eigenvalue weighted by Crippen LogP contribution is 2.28. The van der Waals surface area contributed by atoms with Crippen molar-refractivity contribution >= 4 is 11.8 Å². The topological polar surface area (TPSA) is 87.9 Å². The van der Waals surface area contributed by atoms with Gasteiger partial charge in [-0.25, -0.2) is 0 Å². The van der Waals surface area contributed by atoms with Crippen LogP contribution in [0.2, 0.25) is 0 Å².